The third-order valence-corrected chi connectivity index (χ3v) is 4.61. The first-order valence-electron chi connectivity index (χ1n) is 8.25. The minimum absolute atomic E-state index is 0.294. The van der Waals surface area contributed by atoms with Crippen molar-refractivity contribution in [2.75, 3.05) is 6.61 Å². The summed E-state index contributed by atoms with van der Waals surface area (Å²) in [4.78, 5) is 24.1. The predicted octanol–water partition coefficient (Wildman–Crippen LogP) is 3.10. The molecule has 1 aromatic carbocycles. The molecule has 0 aromatic heterocycles. The van der Waals surface area contributed by atoms with Crippen LogP contribution in [-0.4, -0.2) is 30.1 Å². The lowest BCUT2D eigenvalue weighted by Crippen LogP contribution is -2.52. The Morgan fingerprint density at radius 2 is 2.08 bits per heavy atom. The van der Waals surface area contributed by atoms with Crippen LogP contribution in [0, 0.1) is 11.3 Å². The molecule has 1 aliphatic carbocycles. The largest absolute Gasteiger partial charge is 0.482 e. The number of esters is 1. The highest BCUT2D eigenvalue weighted by Crippen LogP contribution is 2.27. The highest BCUT2D eigenvalue weighted by atomic mass is 79.9. The molecule has 1 atom stereocenters. The minimum atomic E-state index is -0.981. The van der Waals surface area contributed by atoms with E-state index in [4.69, 9.17) is 9.47 Å². The molecule has 0 saturated heterocycles. The second kappa shape index (κ2) is 8.86. The molecule has 134 valence electrons. The van der Waals surface area contributed by atoms with E-state index in [1.165, 1.54) is 6.92 Å². The molecule has 1 aromatic rings. The van der Waals surface area contributed by atoms with Gasteiger partial charge >= 0.3 is 5.97 Å². The normalized spacial score (nSPS) is 17.0. The molecule has 0 unspecified atom stereocenters. The van der Waals surface area contributed by atoms with Gasteiger partial charge in [-0.2, -0.15) is 5.26 Å². The second-order valence-corrected chi connectivity index (χ2v) is 7.04. The number of hydrogen-bond acceptors (Lipinski definition) is 5. The molecule has 0 bridgehead atoms. The lowest BCUT2D eigenvalue weighted by Gasteiger charge is -2.32. The number of nitrogens with zero attached hydrogens (tertiary/aromatic N) is 1. The van der Waals surface area contributed by atoms with E-state index >= 15 is 0 Å². The Kier molecular flexibility index (Phi) is 6.82. The quantitative estimate of drug-likeness (QED) is 0.730. The molecule has 1 fully saturated rings. The van der Waals surface area contributed by atoms with Gasteiger partial charge in [0.1, 0.15) is 11.3 Å². The third kappa shape index (κ3) is 5.75. The average Bonchev–Trinajstić information content (AvgIpc) is 2.60. The van der Waals surface area contributed by atoms with Gasteiger partial charge in [-0.15, -0.1) is 0 Å². The van der Waals surface area contributed by atoms with Crippen LogP contribution in [0.25, 0.3) is 0 Å². The van der Waals surface area contributed by atoms with Crippen LogP contribution in [-0.2, 0) is 14.3 Å². The van der Waals surface area contributed by atoms with Gasteiger partial charge in [0, 0.05) is 4.47 Å². The van der Waals surface area contributed by atoms with Gasteiger partial charge in [0.15, 0.2) is 12.7 Å². The smallest absolute Gasteiger partial charge is 0.344 e. The van der Waals surface area contributed by atoms with Crippen LogP contribution < -0.4 is 10.1 Å². The lowest BCUT2D eigenvalue weighted by atomic mass is 9.83. The zero-order valence-electron chi connectivity index (χ0n) is 14.1. The molecule has 0 spiro atoms. The Bertz CT molecular complexity index is 665. The van der Waals surface area contributed by atoms with Crippen molar-refractivity contribution in [3.05, 3.63) is 28.7 Å². The summed E-state index contributed by atoms with van der Waals surface area (Å²) in [6.45, 7) is 1.19. The molecule has 2 rings (SSSR count). The Balaban J connectivity index is 1.81. The zero-order chi connectivity index (χ0) is 18.3. The van der Waals surface area contributed by atoms with Crippen molar-refractivity contribution < 1.29 is 19.1 Å². The van der Waals surface area contributed by atoms with Gasteiger partial charge in [0.2, 0.25) is 0 Å². The van der Waals surface area contributed by atoms with Crippen molar-refractivity contribution in [3.8, 4) is 11.8 Å². The summed E-state index contributed by atoms with van der Waals surface area (Å²) in [5.74, 6) is -0.578. The number of carbonyl (C=O) groups excluding carboxylic acids is 2. The number of rotatable bonds is 6. The van der Waals surface area contributed by atoms with Crippen molar-refractivity contribution in [2.24, 2.45) is 0 Å². The van der Waals surface area contributed by atoms with E-state index < -0.39 is 23.5 Å². The van der Waals surface area contributed by atoms with E-state index in [0.29, 0.717) is 18.6 Å². The van der Waals surface area contributed by atoms with E-state index in [2.05, 4.69) is 27.3 Å². The monoisotopic (exact) mass is 408 g/mol. The van der Waals surface area contributed by atoms with Crippen LogP contribution in [0.4, 0.5) is 0 Å². The van der Waals surface area contributed by atoms with Crippen molar-refractivity contribution in [2.45, 2.75) is 50.7 Å². The molecule has 0 heterocycles. The summed E-state index contributed by atoms with van der Waals surface area (Å²) in [6.07, 6.45) is 3.15. The van der Waals surface area contributed by atoms with Gasteiger partial charge in [0.05, 0.1) is 6.07 Å². The van der Waals surface area contributed by atoms with Crippen LogP contribution in [0.3, 0.4) is 0 Å². The summed E-state index contributed by atoms with van der Waals surface area (Å²) < 4.78 is 11.3. The number of carbonyl (C=O) groups is 2. The number of nitriles is 1. The first-order chi connectivity index (χ1) is 11.9. The fraction of sp³-hybridized carbons (Fsp3) is 0.500. The van der Waals surface area contributed by atoms with Gasteiger partial charge < -0.3 is 14.8 Å². The zero-order valence-corrected chi connectivity index (χ0v) is 15.7. The maximum atomic E-state index is 12.2. The van der Waals surface area contributed by atoms with Crippen LogP contribution >= 0.6 is 15.9 Å². The number of nitrogens with one attached hydrogen (secondary N) is 1. The van der Waals surface area contributed by atoms with Gasteiger partial charge in [0.25, 0.3) is 5.91 Å². The maximum Gasteiger partial charge on any atom is 0.344 e. The molecule has 1 amide bonds. The summed E-state index contributed by atoms with van der Waals surface area (Å²) in [6, 6.07) is 9.27. The minimum Gasteiger partial charge on any atom is -0.482 e. The van der Waals surface area contributed by atoms with E-state index in [0.717, 1.165) is 23.7 Å². The third-order valence-electron chi connectivity index (χ3n) is 4.11. The first-order valence-corrected chi connectivity index (χ1v) is 9.04. The topological polar surface area (TPSA) is 88.4 Å². The van der Waals surface area contributed by atoms with Gasteiger partial charge in [-0.25, -0.2) is 4.79 Å². The number of ether oxygens (including phenoxy) is 2. The van der Waals surface area contributed by atoms with Crippen molar-refractivity contribution in [1.82, 2.24) is 5.32 Å². The molecule has 1 N–H and O–H groups in total. The standard InChI is InChI=1S/C18H21BrN2O4/c1-13(17(23)21-18(12-20)8-3-2-4-9-18)25-16(22)11-24-15-7-5-6-14(19)10-15/h5-7,10,13H,2-4,8-9,11H2,1H3,(H,21,23)/t13-/m1/s1. The van der Waals surface area contributed by atoms with E-state index in [1.54, 1.807) is 18.2 Å². The predicted molar refractivity (Wildman–Crippen MR) is 94.8 cm³/mol. The molecule has 25 heavy (non-hydrogen) atoms. The van der Waals surface area contributed by atoms with E-state index in [-0.39, 0.29) is 6.61 Å². The second-order valence-electron chi connectivity index (χ2n) is 6.12. The number of benzene rings is 1. The summed E-state index contributed by atoms with van der Waals surface area (Å²) in [5.41, 5.74) is -0.844. The summed E-state index contributed by atoms with van der Waals surface area (Å²) >= 11 is 3.31. The maximum absolute atomic E-state index is 12.2. The molecule has 1 saturated carbocycles. The first kappa shape index (κ1) is 19.3. The Morgan fingerprint density at radius 3 is 2.72 bits per heavy atom. The summed E-state index contributed by atoms with van der Waals surface area (Å²) in [5, 5.41) is 12.1. The Hall–Kier alpha value is -2.07. The highest BCUT2D eigenvalue weighted by Gasteiger charge is 2.35. The van der Waals surface area contributed by atoms with E-state index in [9.17, 15) is 14.9 Å². The number of hydrogen-bond donors (Lipinski definition) is 1. The van der Waals surface area contributed by atoms with Crippen molar-refractivity contribution >= 4 is 27.8 Å². The van der Waals surface area contributed by atoms with Gasteiger partial charge in [-0.1, -0.05) is 41.3 Å². The molecule has 7 heteroatoms. The van der Waals surface area contributed by atoms with Crippen molar-refractivity contribution in [1.29, 1.82) is 5.26 Å². The van der Waals surface area contributed by atoms with Crippen LogP contribution in [0.1, 0.15) is 39.0 Å². The Labute approximate surface area is 155 Å². The molecule has 1 aliphatic rings. The van der Waals surface area contributed by atoms with Crippen LogP contribution in [0.15, 0.2) is 28.7 Å². The average molecular weight is 409 g/mol. The molecular weight excluding hydrogens is 388 g/mol. The van der Waals surface area contributed by atoms with E-state index in [1.807, 2.05) is 6.07 Å². The fourth-order valence-electron chi connectivity index (χ4n) is 2.74. The SMILES string of the molecule is C[C@@H](OC(=O)COc1cccc(Br)c1)C(=O)NC1(C#N)CCCCC1. The Morgan fingerprint density at radius 1 is 1.36 bits per heavy atom. The van der Waals surface area contributed by atoms with Gasteiger partial charge in [-0.3, -0.25) is 4.79 Å². The van der Waals surface area contributed by atoms with Crippen LogP contribution in [0.2, 0.25) is 0 Å². The number of halogens is 1. The lowest BCUT2D eigenvalue weighted by molar-refractivity contribution is -0.157. The molecule has 0 aliphatic heterocycles. The van der Waals surface area contributed by atoms with Crippen LogP contribution in [0.5, 0.6) is 5.75 Å². The molecule has 0 radical (unpaired) electrons. The number of amides is 1. The fourth-order valence-corrected chi connectivity index (χ4v) is 3.12. The highest BCUT2D eigenvalue weighted by molar-refractivity contribution is 9.10. The molecular formula is C18H21BrN2O4. The molecule has 6 nitrogen and oxygen atoms in total. The summed E-state index contributed by atoms with van der Waals surface area (Å²) in [7, 11) is 0. The van der Waals surface area contributed by atoms with Crippen molar-refractivity contribution in [3.63, 3.8) is 0 Å². The van der Waals surface area contributed by atoms with Gasteiger partial charge in [-0.05, 0) is 38.0 Å².